The Hall–Kier alpha value is -1.60. The molecule has 0 aromatic carbocycles. The normalized spacial score (nSPS) is 24.6. The highest BCUT2D eigenvalue weighted by molar-refractivity contribution is 5.97. The Balaban J connectivity index is 2.03. The standard InChI is InChI=1S/C10H17N5O2/c1-15-5-6(11)9(14-15)10(17)13-7-2-3-12-4-8(7)16/h5,7-8,12,16H,2-4,11H2,1H3,(H,13,17)/t7?,8-/m1/s1. The summed E-state index contributed by atoms with van der Waals surface area (Å²) in [5.41, 5.74) is 6.21. The van der Waals surface area contributed by atoms with Crippen LogP contribution in [0.3, 0.4) is 0 Å². The number of aromatic nitrogens is 2. The Kier molecular flexibility index (Phi) is 3.30. The van der Waals surface area contributed by atoms with Crippen molar-refractivity contribution in [3.63, 3.8) is 0 Å². The molecule has 7 nitrogen and oxygen atoms in total. The van der Waals surface area contributed by atoms with E-state index in [4.69, 9.17) is 5.73 Å². The molecule has 1 fully saturated rings. The van der Waals surface area contributed by atoms with Gasteiger partial charge in [0, 0.05) is 19.8 Å². The van der Waals surface area contributed by atoms with Crippen LogP contribution in [0.1, 0.15) is 16.9 Å². The van der Waals surface area contributed by atoms with Gasteiger partial charge in [-0.25, -0.2) is 0 Å². The third-order valence-corrected chi connectivity index (χ3v) is 2.84. The van der Waals surface area contributed by atoms with E-state index in [1.165, 1.54) is 4.68 Å². The molecular formula is C10H17N5O2. The molecule has 1 saturated heterocycles. The summed E-state index contributed by atoms with van der Waals surface area (Å²) in [7, 11) is 1.70. The Morgan fingerprint density at radius 3 is 3.12 bits per heavy atom. The van der Waals surface area contributed by atoms with Crippen LogP contribution in [0.2, 0.25) is 0 Å². The number of hydrogen-bond donors (Lipinski definition) is 4. The van der Waals surface area contributed by atoms with Crippen LogP contribution in [0.4, 0.5) is 5.69 Å². The lowest BCUT2D eigenvalue weighted by Gasteiger charge is -2.28. The van der Waals surface area contributed by atoms with Crippen LogP contribution in [0, 0.1) is 0 Å². The summed E-state index contributed by atoms with van der Waals surface area (Å²) in [6.45, 7) is 1.27. The van der Waals surface area contributed by atoms with E-state index in [0.29, 0.717) is 18.7 Å². The lowest BCUT2D eigenvalue weighted by Crippen LogP contribution is -2.52. The predicted octanol–water partition coefficient (Wildman–Crippen LogP) is -1.55. The molecule has 2 heterocycles. The predicted molar refractivity (Wildman–Crippen MR) is 62.4 cm³/mol. The minimum atomic E-state index is -0.572. The van der Waals surface area contributed by atoms with Gasteiger partial charge in [-0.1, -0.05) is 0 Å². The highest BCUT2D eigenvalue weighted by Crippen LogP contribution is 2.10. The number of carbonyl (C=O) groups is 1. The number of carbonyl (C=O) groups excluding carboxylic acids is 1. The van der Waals surface area contributed by atoms with E-state index in [0.717, 1.165) is 6.54 Å². The first-order valence-corrected chi connectivity index (χ1v) is 5.56. The molecule has 0 spiro atoms. The van der Waals surface area contributed by atoms with E-state index in [-0.39, 0.29) is 17.6 Å². The number of nitrogens with zero attached hydrogens (tertiary/aromatic N) is 2. The summed E-state index contributed by atoms with van der Waals surface area (Å²) < 4.78 is 1.49. The molecule has 5 N–H and O–H groups in total. The molecule has 0 radical (unpaired) electrons. The highest BCUT2D eigenvalue weighted by atomic mass is 16.3. The summed E-state index contributed by atoms with van der Waals surface area (Å²) >= 11 is 0. The SMILES string of the molecule is Cn1cc(N)c(C(=O)NC2CCNC[C@H]2O)n1. The third kappa shape index (κ3) is 2.56. The van der Waals surface area contributed by atoms with Gasteiger partial charge in [0.25, 0.3) is 5.91 Å². The molecule has 2 atom stereocenters. The van der Waals surface area contributed by atoms with Crippen molar-refractivity contribution in [3.05, 3.63) is 11.9 Å². The van der Waals surface area contributed by atoms with Crippen LogP contribution in [0.5, 0.6) is 0 Å². The van der Waals surface area contributed by atoms with Crippen LogP contribution >= 0.6 is 0 Å². The number of aliphatic hydroxyl groups excluding tert-OH is 1. The first-order valence-electron chi connectivity index (χ1n) is 5.56. The quantitative estimate of drug-likeness (QED) is 0.500. The van der Waals surface area contributed by atoms with Crippen LogP contribution < -0.4 is 16.4 Å². The summed E-state index contributed by atoms with van der Waals surface area (Å²) in [6, 6.07) is -0.245. The van der Waals surface area contributed by atoms with Gasteiger partial charge in [-0.05, 0) is 13.0 Å². The average Bonchev–Trinajstić information content (AvgIpc) is 2.61. The monoisotopic (exact) mass is 239 g/mol. The Labute approximate surface area is 99.0 Å². The average molecular weight is 239 g/mol. The number of amides is 1. The number of hydrogen-bond acceptors (Lipinski definition) is 5. The Morgan fingerprint density at radius 2 is 2.53 bits per heavy atom. The number of β-amino-alcohol motifs (C(OH)–C–C–N with tert-alkyl or cyclic N) is 1. The van der Waals surface area contributed by atoms with Crippen LogP contribution in [0.25, 0.3) is 0 Å². The van der Waals surface area contributed by atoms with Crippen molar-refractivity contribution in [1.29, 1.82) is 0 Å². The molecule has 1 unspecified atom stereocenters. The first-order chi connectivity index (χ1) is 8.08. The van der Waals surface area contributed by atoms with Crippen molar-refractivity contribution in [3.8, 4) is 0 Å². The number of nitrogens with two attached hydrogens (primary N) is 1. The molecule has 2 rings (SSSR count). The molecule has 0 bridgehead atoms. The minimum Gasteiger partial charge on any atom is -0.396 e. The molecule has 0 aliphatic carbocycles. The fourth-order valence-electron chi connectivity index (χ4n) is 1.93. The third-order valence-electron chi connectivity index (χ3n) is 2.84. The van der Waals surface area contributed by atoms with E-state index in [2.05, 4.69) is 15.7 Å². The molecule has 17 heavy (non-hydrogen) atoms. The van der Waals surface area contributed by atoms with Crippen LogP contribution in [-0.2, 0) is 7.05 Å². The molecule has 94 valence electrons. The van der Waals surface area contributed by atoms with Crippen molar-refractivity contribution < 1.29 is 9.90 Å². The molecule has 1 aliphatic rings. The van der Waals surface area contributed by atoms with Gasteiger partial charge in [0.2, 0.25) is 0 Å². The second-order valence-corrected chi connectivity index (χ2v) is 4.25. The molecule has 1 aromatic heterocycles. The molecular weight excluding hydrogens is 222 g/mol. The number of piperidine rings is 1. The van der Waals surface area contributed by atoms with Crippen molar-refractivity contribution in [2.24, 2.45) is 7.05 Å². The number of aryl methyl sites for hydroxylation is 1. The number of rotatable bonds is 2. The van der Waals surface area contributed by atoms with Crippen molar-refractivity contribution >= 4 is 11.6 Å². The maximum absolute atomic E-state index is 11.9. The van der Waals surface area contributed by atoms with E-state index >= 15 is 0 Å². The van der Waals surface area contributed by atoms with Crippen LogP contribution in [0.15, 0.2) is 6.20 Å². The van der Waals surface area contributed by atoms with Gasteiger partial charge in [-0.3, -0.25) is 9.48 Å². The van der Waals surface area contributed by atoms with E-state index in [1.54, 1.807) is 13.2 Å². The zero-order chi connectivity index (χ0) is 12.4. The number of nitrogen functional groups attached to an aromatic ring is 1. The summed E-state index contributed by atoms with van der Waals surface area (Å²) in [5, 5.41) is 19.5. The molecule has 1 amide bonds. The first kappa shape index (κ1) is 11.9. The molecule has 7 heteroatoms. The van der Waals surface area contributed by atoms with E-state index in [1.807, 2.05) is 0 Å². The van der Waals surface area contributed by atoms with E-state index in [9.17, 15) is 9.90 Å². The van der Waals surface area contributed by atoms with Crippen molar-refractivity contribution in [1.82, 2.24) is 20.4 Å². The lowest BCUT2D eigenvalue weighted by molar-refractivity contribution is 0.0761. The van der Waals surface area contributed by atoms with Crippen molar-refractivity contribution in [2.75, 3.05) is 18.8 Å². The van der Waals surface area contributed by atoms with Crippen molar-refractivity contribution in [2.45, 2.75) is 18.6 Å². The van der Waals surface area contributed by atoms with Gasteiger partial charge < -0.3 is 21.5 Å². The lowest BCUT2D eigenvalue weighted by atomic mass is 10.0. The molecule has 0 saturated carbocycles. The zero-order valence-corrected chi connectivity index (χ0v) is 9.68. The summed E-state index contributed by atoms with van der Waals surface area (Å²) in [4.78, 5) is 11.9. The van der Waals surface area contributed by atoms with Gasteiger partial charge in [0.1, 0.15) is 0 Å². The second-order valence-electron chi connectivity index (χ2n) is 4.25. The van der Waals surface area contributed by atoms with Gasteiger partial charge in [-0.15, -0.1) is 0 Å². The highest BCUT2D eigenvalue weighted by Gasteiger charge is 2.26. The maximum Gasteiger partial charge on any atom is 0.274 e. The minimum absolute atomic E-state index is 0.207. The van der Waals surface area contributed by atoms with Gasteiger partial charge in [-0.2, -0.15) is 5.10 Å². The Bertz CT molecular complexity index is 417. The number of nitrogens with one attached hydrogen (secondary N) is 2. The Morgan fingerprint density at radius 1 is 1.76 bits per heavy atom. The second kappa shape index (κ2) is 4.72. The van der Waals surface area contributed by atoms with E-state index < -0.39 is 6.10 Å². The summed E-state index contributed by atoms with van der Waals surface area (Å²) in [5.74, 6) is -0.339. The number of aliphatic hydroxyl groups is 1. The largest absolute Gasteiger partial charge is 0.396 e. The fourth-order valence-corrected chi connectivity index (χ4v) is 1.93. The maximum atomic E-state index is 11.9. The molecule has 1 aliphatic heterocycles. The molecule has 1 aromatic rings. The van der Waals surface area contributed by atoms with Gasteiger partial charge in [0.15, 0.2) is 5.69 Å². The van der Waals surface area contributed by atoms with Gasteiger partial charge >= 0.3 is 0 Å². The number of anilines is 1. The smallest absolute Gasteiger partial charge is 0.274 e. The van der Waals surface area contributed by atoms with Crippen LogP contribution in [-0.4, -0.2) is 46.0 Å². The summed E-state index contributed by atoms with van der Waals surface area (Å²) in [6.07, 6.45) is 1.70. The zero-order valence-electron chi connectivity index (χ0n) is 9.68. The van der Waals surface area contributed by atoms with Gasteiger partial charge in [0.05, 0.1) is 17.8 Å². The fraction of sp³-hybridized carbons (Fsp3) is 0.600. The topological polar surface area (TPSA) is 105 Å².